The van der Waals surface area contributed by atoms with Crippen molar-refractivity contribution in [2.75, 3.05) is 12.0 Å². The minimum atomic E-state index is 0.0308. The van der Waals surface area contributed by atoms with Crippen molar-refractivity contribution < 1.29 is 4.74 Å². The largest absolute Gasteiger partial charge is 0.489 e. The molecule has 0 spiro atoms. The van der Waals surface area contributed by atoms with Crippen LogP contribution in [0.3, 0.4) is 0 Å². The molecule has 1 rings (SSSR count). The number of thioether (sulfide) groups is 1. The predicted molar refractivity (Wildman–Crippen MR) is 65.3 cm³/mol. The Kier molecular flexibility index (Phi) is 4.91. The van der Waals surface area contributed by atoms with E-state index in [4.69, 9.17) is 10.5 Å². The van der Waals surface area contributed by atoms with Gasteiger partial charge in [0.1, 0.15) is 5.75 Å². The van der Waals surface area contributed by atoms with Crippen molar-refractivity contribution in [2.45, 2.75) is 26.0 Å². The Morgan fingerprint density at radius 1 is 1.47 bits per heavy atom. The van der Waals surface area contributed by atoms with E-state index in [-0.39, 0.29) is 12.1 Å². The number of rotatable bonds is 5. The van der Waals surface area contributed by atoms with E-state index in [1.54, 1.807) is 24.2 Å². The SMILES string of the molecule is CSCC(N)c1cncc(OC(C)C)c1. The Morgan fingerprint density at radius 2 is 2.20 bits per heavy atom. The van der Waals surface area contributed by atoms with Gasteiger partial charge in [-0.1, -0.05) is 0 Å². The lowest BCUT2D eigenvalue weighted by atomic mass is 10.1. The van der Waals surface area contributed by atoms with Crippen LogP contribution in [0, 0.1) is 0 Å². The molecule has 1 unspecified atom stereocenters. The fourth-order valence-electron chi connectivity index (χ4n) is 1.25. The fraction of sp³-hybridized carbons (Fsp3) is 0.545. The summed E-state index contributed by atoms with van der Waals surface area (Å²) in [6, 6.07) is 2.00. The van der Waals surface area contributed by atoms with Crippen LogP contribution in [-0.4, -0.2) is 23.1 Å². The summed E-state index contributed by atoms with van der Waals surface area (Å²) < 4.78 is 5.56. The molecular weight excluding hydrogens is 208 g/mol. The van der Waals surface area contributed by atoms with E-state index in [0.717, 1.165) is 17.1 Å². The van der Waals surface area contributed by atoms with E-state index in [1.165, 1.54) is 0 Å². The maximum atomic E-state index is 5.99. The van der Waals surface area contributed by atoms with Gasteiger partial charge >= 0.3 is 0 Å². The Bertz CT molecular complexity index is 304. The molecular formula is C11H18N2OS. The zero-order valence-electron chi connectivity index (χ0n) is 9.43. The first-order valence-electron chi connectivity index (χ1n) is 4.99. The molecule has 0 amide bonds. The standard InChI is InChI=1S/C11H18N2OS/c1-8(2)14-10-4-9(5-13-6-10)11(12)7-15-3/h4-6,8,11H,7,12H2,1-3H3. The smallest absolute Gasteiger partial charge is 0.138 e. The van der Waals surface area contributed by atoms with Crippen LogP contribution >= 0.6 is 11.8 Å². The Morgan fingerprint density at radius 3 is 2.80 bits per heavy atom. The molecule has 0 fully saturated rings. The first kappa shape index (κ1) is 12.3. The topological polar surface area (TPSA) is 48.1 Å². The number of aromatic nitrogens is 1. The zero-order valence-corrected chi connectivity index (χ0v) is 10.3. The summed E-state index contributed by atoms with van der Waals surface area (Å²) in [6.45, 7) is 3.99. The number of nitrogens with two attached hydrogens (primary N) is 1. The minimum Gasteiger partial charge on any atom is -0.489 e. The highest BCUT2D eigenvalue weighted by Gasteiger charge is 2.07. The molecule has 1 atom stereocenters. The molecule has 2 N–H and O–H groups in total. The van der Waals surface area contributed by atoms with Gasteiger partial charge in [0.15, 0.2) is 0 Å². The van der Waals surface area contributed by atoms with Crippen LogP contribution in [0.1, 0.15) is 25.5 Å². The monoisotopic (exact) mass is 226 g/mol. The van der Waals surface area contributed by atoms with Crippen molar-refractivity contribution in [2.24, 2.45) is 5.73 Å². The first-order valence-corrected chi connectivity index (χ1v) is 6.39. The van der Waals surface area contributed by atoms with E-state index in [9.17, 15) is 0 Å². The molecule has 0 aliphatic rings. The molecule has 1 aromatic heterocycles. The van der Waals surface area contributed by atoms with Gasteiger partial charge in [-0.2, -0.15) is 11.8 Å². The van der Waals surface area contributed by atoms with Gasteiger partial charge in [-0.3, -0.25) is 4.98 Å². The molecule has 0 radical (unpaired) electrons. The second kappa shape index (κ2) is 5.98. The third kappa shape index (κ3) is 4.10. The third-order valence-electron chi connectivity index (χ3n) is 1.88. The average Bonchev–Trinajstić information content (AvgIpc) is 2.17. The van der Waals surface area contributed by atoms with Gasteiger partial charge in [0.25, 0.3) is 0 Å². The molecule has 1 heterocycles. The van der Waals surface area contributed by atoms with Gasteiger partial charge in [0.05, 0.1) is 12.3 Å². The Balaban J connectivity index is 2.73. The van der Waals surface area contributed by atoms with Gasteiger partial charge in [0, 0.05) is 18.0 Å². The lowest BCUT2D eigenvalue weighted by Crippen LogP contribution is -2.14. The van der Waals surface area contributed by atoms with Crippen molar-refractivity contribution >= 4 is 11.8 Å². The number of pyridine rings is 1. The highest BCUT2D eigenvalue weighted by Crippen LogP contribution is 2.19. The molecule has 1 aromatic rings. The molecule has 0 aliphatic carbocycles. The Hall–Kier alpha value is -0.740. The van der Waals surface area contributed by atoms with E-state index >= 15 is 0 Å². The summed E-state index contributed by atoms with van der Waals surface area (Å²) in [5.74, 6) is 1.69. The van der Waals surface area contributed by atoms with Crippen LogP contribution in [0.25, 0.3) is 0 Å². The van der Waals surface area contributed by atoms with Crippen molar-refractivity contribution in [1.82, 2.24) is 4.98 Å². The molecule has 84 valence electrons. The number of ether oxygens (including phenoxy) is 1. The lowest BCUT2D eigenvalue weighted by molar-refractivity contribution is 0.241. The number of hydrogen-bond acceptors (Lipinski definition) is 4. The fourth-order valence-corrected chi connectivity index (χ4v) is 1.80. The summed E-state index contributed by atoms with van der Waals surface area (Å²) in [5.41, 5.74) is 7.02. The zero-order chi connectivity index (χ0) is 11.3. The van der Waals surface area contributed by atoms with Crippen LogP contribution in [0.15, 0.2) is 18.5 Å². The summed E-state index contributed by atoms with van der Waals surface area (Å²) >= 11 is 1.73. The van der Waals surface area contributed by atoms with E-state index in [2.05, 4.69) is 4.98 Å². The molecule has 0 saturated carbocycles. The van der Waals surface area contributed by atoms with E-state index in [0.29, 0.717) is 0 Å². The summed E-state index contributed by atoms with van der Waals surface area (Å²) in [5, 5.41) is 0. The van der Waals surface area contributed by atoms with Gasteiger partial charge in [-0.05, 0) is 31.7 Å². The van der Waals surface area contributed by atoms with E-state index < -0.39 is 0 Å². The molecule has 4 heteroatoms. The second-order valence-corrected chi connectivity index (χ2v) is 4.59. The van der Waals surface area contributed by atoms with Crippen molar-refractivity contribution in [1.29, 1.82) is 0 Å². The van der Waals surface area contributed by atoms with Crippen LogP contribution < -0.4 is 10.5 Å². The quantitative estimate of drug-likeness (QED) is 0.836. The normalized spacial score (nSPS) is 12.9. The first-order chi connectivity index (χ1) is 7.13. The van der Waals surface area contributed by atoms with E-state index in [1.807, 2.05) is 26.2 Å². The van der Waals surface area contributed by atoms with Gasteiger partial charge < -0.3 is 10.5 Å². The van der Waals surface area contributed by atoms with Crippen LogP contribution in [0.2, 0.25) is 0 Å². The maximum absolute atomic E-state index is 5.99. The molecule has 0 saturated heterocycles. The summed E-state index contributed by atoms with van der Waals surface area (Å²) in [6.07, 6.45) is 5.73. The molecule has 15 heavy (non-hydrogen) atoms. The highest BCUT2D eigenvalue weighted by molar-refractivity contribution is 7.98. The number of hydrogen-bond donors (Lipinski definition) is 1. The lowest BCUT2D eigenvalue weighted by Gasteiger charge is -2.13. The van der Waals surface area contributed by atoms with Gasteiger partial charge in [0.2, 0.25) is 0 Å². The predicted octanol–water partition coefficient (Wildman–Crippen LogP) is 2.23. The van der Waals surface area contributed by atoms with Crippen LogP contribution in [0.4, 0.5) is 0 Å². The molecule has 0 bridgehead atoms. The molecule has 0 aromatic carbocycles. The number of nitrogens with zero attached hydrogens (tertiary/aromatic N) is 1. The van der Waals surface area contributed by atoms with Crippen LogP contribution in [-0.2, 0) is 0 Å². The highest BCUT2D eigenvalue weighted by atomic mass is 32.2. The third-order valence-corrected chi connectivity index (χ3v) is 2.57. The van der Waals surface area contributed by atoms with Crippen LogP contribution in [0.5, 0.6) is 5.75 Å². The molecule has 0 aliphatic heterocycles. The summed E-state index contributed by atoms with van der Waals surface area (Å²) in [4.78, 5) is 4.13. The molecule has 3 nitrogen and oxygen atoms in total. The second-order valence-electron chi connectivity index (χ2n) is 3.68. The van der Waals surface area contributed by atoms with Crippen molar-refractivity contribution in [3.8, 4) is 5.75 Å². The maximum Gasteiger partial charge on any atom is 0.138 e. The van der Waals surface area contributed by atoms with Crippen molar-refractivity contribution in [3.05, 3.63) is 24.0 Å². The van der Waals surface area contributed by atoms with Gasteiger partial charge in [-0.25, -0.2) is 0 Å². The van der Waals surface area contributed by atoms with Gasteiger partial charge in [-0.15, -0.1) is 0 Å². The summed E-state index contributed by atoms with van der Waals surface area (Å²) in [7, 11) is 0. The van der Waals surface area contributed by atoms with Crippen molar-refractivity contribution in [3.63, 3.8) is 0 Å². The minimum absolute atomic E-state index is 0.0308. The Labute approximate surface area is 95.4 Å². The average molecular weight is 226 g/mol.